The Bertz CT molecular complexity index is 931. The number of allylic oxidation sites excluding steroid dienone is 2. The van der Waals surface area contributed by atoms with E-state index in [1.807, 2.05) is 0 Å². The smallest absolute Gasteiger partial charge is 0.306 e. The van der Waals surface area contributed by atoms with Gasteiger partial charge in [-0.1, -0.05) is 180 Å². The van der Waals surface area contributed by atoms with Gasteiger partial charge < -0.3 is 28.6 Å². The van der Waals surface area contributed by atoms with E-state index in [1.54, 1.807) is 21.1 Å². The lowest BCUT2D eigenvalue weighted by molar-refractivity contribution is -0.889. The number of unbranched alkanes of at least 4 members (excludes halogenated alkanes) is 27. The Balaban J connectivity index is 4.27. The Morgan fingerprint density at radius 1 is 0.518 bits per heavy atom. The van der Waals surface area contributed by atoms with Gasteiger partial charge in [0.1, 0.15) is 12.6 Å². The van der Waals surface area contributed by atoms with E-state index in [1.165, 1.54) is 148 Å². The molecule has 8 heteroatoms. The molecule has 2 atom stereocenters. The van der Waals surface area contributed by atoms with Gasteiger partial charge in [0.25, 0.3) is 0 Å². The maximum atomic E-state index is 12.7. The lowest BCUT2D eigenvalue weighted by Gasteiger charge is -2.34. The molecule has 0 heterocycles. The number of likely N-dealkylation sites (N-methyl/N-ethyl adjacent to an activating group) is 1. The Morgan fingerprint density at radius 3 is 1.29 bits per heavy atom. The normalized spacial score (nSPS) is 12.9. The minimum absolute atomic E-state index is 0.0440. The van der Waals surface area contributed by atoms with Crippen LogP contribution in [0, 0.1) is 0 Å². The molecule has 2 unspecified atom stereocenters. The Hall–Kier alpha value is -1.93. The Labute approximate surface area is 346 Å². The topological polar surface area (TPSA) is 102 Å². The Morgan fingerprint density at radius 2 is 0.893 bits per heavy atom. The first-order valence-corrected chi connectivity index (χ1v) is 23.7. The fourth-order valence-corrected chi connectivity index (χ4v) is 7.18. The van der Waals surface area contributed by atoms with Gasteiger partial charge in [0.15, 0.2) is 6.10 Å². The van der Waals surface area contributed by atoms with Gasteiger partial charge in [0.05, 0.1) is 40.3 Å². The largest absolute Gasteiger partial charge is 0.544 e. The minimum Gasteiger partial charge on any atom is -0.544 e. The summed E-state index contributed by atoms with van der Waals surface area (Å²) in [5.74, 6) is -1.73. The zero-order valence-corrected chi connectivity index (χ0v) is 37.6. The lowest BCUT2D eigenvalue weighted by atomic mass is 10.0. The lowest BCUT2D eigenvalue weighted by Crippen LogP contribution is -2.55. The van der Waals surface area contributed by atoms with E-state index in [-0.39, 0.29) is 42.7 Å². The van der Waals surface area contributed by atoms with Crippen LogP contribution >= 0.6 is 0 Å². The van der Waals surface area contributed by atoms with Gasteiger partial charge in [-0.05, 0) is 38.5 Å². The van der Waals surface area contributed by atoms with Gasteiger partial charge in [-0.2, -0.15) is 0 Å². The molecule has 0 aliphatic carbocycles. The molecule has 0 spiro atoms. The fourth-order valence-electron chi connectivity index (χ4n) is 7.18. The minimum atomic E-state index is -1.12. The third kappa shape index (κ3) is 37.6. The molecule has 0 aromatic heterocycles. The van der Waals surface area contributed by atoms with Crippen LogP contribution in [-0.4, -0.2) is 75.5 Å². The van der Waals surface area contributed by atoms with Crippen molar-refractivity contribution in [3.8, 4) is 0 Å². The zero-order chi connectivity index (χ0) is 41.4. The standard InChI is InChI=1S/C48H91NO7/c1-6-8-10-12-14-16-18-20-22-23-24-25-27-28-30-32-34-36-38-46(50)55-43-44(42-54-41-40-45(48(52)53)49(3,4)5)56-47(51)39-37-35-33-31-29-26-21-19-17-15-13-11-9-7-2/h24-25,44-45H,6-23,26-43H2,1-5H3/b25-24+. The van der Waals surface area contributed by atoms with E-state index in [2.05, 4.69) is 26.0 Å². The highest BCUT2D eigenvalue weighted by molar-refractivity contribution is 5.70. The number of ether oxygens (including phenoxy) is 3. The summed E-state index contributed by atoms with van der Waals surface area (Å²) in [7, 11) is 5.42. The van der Waals surface area contributed by atoms with E-state index in [0.717, 1.165) is 44.9 Å². The van der Waals surface area contributed by atoms with Crippen molar-refractivity contribution in [2.45, 2.75) is 238 Å². The maximum absolute atomic E-state index is 12.7. The molecular formula is C48H91NO7. The molecular weight excluding hydrogens is 703 g/mol. The van der Waals surface area contributed by atoms with Crippen LogP contribution in [0.5, 0.6) is 0 Å². The summed E-state index contributed by atoms with van der Waals surface area (Å²) in [6, 6.07) is -0.722. The summed E-state index contributed by atoms with van der Waals surface area (Å²) in [4.78, 5) is 36.9. The fraction of sp³-hybridized carbons (Fsp3) is 0.896. The summed E-state index contributed by atoms with van der Waals surface area (Å²) >= 11 is 0. The SMILES string of the molecule is CCCCCCCCCCC/C=C/CCCCCCCC(=O)OCC(COCCC(C(=O)[O-])[N+](C)(C)C)OC(=O)CCCCCCCCCCCCCCCC. The highest BCUT2D eigenvalue weighted by Crippen LogP contribution is 2.15. The van der Waals surface area contributed by atoms with E-state index in [4.69, 9.17) is 14.2 Å². The molecule has 0 radical (unpaired) electrons. The molecule has 56 heavy (non-hydrogen) atoms. The van der Waals surface area contributed by atoms with E-state index >= 15 is 0 Å². The van der Waals surface area contributed by atoms with Crippen molar-refractivity contribution in [3.63, 3.8) is 0 Å². The number of carbonyl (C=O) groups is 3. The average molecular weight is 794 g/mol. The highest BCUT2D eigenvalue weighted by atomic mass is 16.6. The van der Waals surface area contributed by atoms with Crippen LogP contribution in [0.25, 0.3) is 0 Å². The maximum Gasteiger partial charge on any atom is 0.306 e. The van der Waals surface area contributed by atoms with Crippen LogP contribution in [0.1, 0.15) is 226 Å². The second-order valence-electron chi connectivity index (χ2n) is 17.4. The number of aliphatic carboxylic acids is 1. The number of esters is 2. The summed E-state index contributed by atoms with van der Waals surface area (Å²) in [6.07, 6.45) is 42.3. The molecule has 0 aromatic rings. The van der Waals surface area contributed by atoms with Gasteiger partial charge in [-0.25, -0.2) is 0 Å². The van der Waals surface area contributed by atoms with Crippen LogP contribution in [-0.2, 0) is 28.6 Å². The predicted octanol–water partition coefficient (Wildman–Crippen LogP) is 11.8. The first-order chi connectivity index (χ1) is 27.1. The molecule has 0 saturated heterocycles. The van der Waals surface area contributed by atoms with Crippen LogP contribution in [0.15, 0.2) is 12.2 Å². The van der Waals surface area contributed by atoms with Crippen molar-refractivity contribution in [1.29, 1.82) is 0 Å². The molecule has 0 amide bonds. The van der Waals surface area contributed by atoms with E-state index < -0.39 is 18.1 Å². The Kier molecular flexibility index (Phi) is 38.5. The molecule has 0 fully saturated rings. The number of carboxylic acids is 1. The highest BCUT2D eigenvalue weighted by Gasteiger charge is 2.25. The second kappa shape index (κ2) is 39.9. The number of hydrogen-bond donors (Lipinski definition) is 0. The van der Waals surface area contributed by atoms with Crippen molar-refractivity contribution < 1.29 is 38.2 Å². The molecule has 0 N–H and O–H groups in total. The van der Waals surface area contributed by atoms with Crippen LogP contribution < -0.4 is 5.11 Å². The monoisotopic (exact) mass is 794 g/mol. The van der Waals surface area contributed by atoms with Gasteiger partial charge in [0, 0.05) is 19.3 Å². The van der Waals surface area contributed by atoms with Gasteiger partial charge >= 0.3 is 11.9 Å². The first-order valence-electron chi connectivity index (χ1n) is 23.7. The third-order valence-electron chi connectivity index (χ3n) is 10.9. The summed E-state index contributed by atoms with van der Waals surface area (Å²) in [5, 5.41) is 11.6. The zero-order valence-electron chi connectivity index (χ0n) is 37.6. The summed E-state index contributed by atoms with van der Waals surface area (Å²) in [5.41, 5.74) is 0. The van der Waals surface area contributed by atoms with Gasteiger partial charge in [0.2, 0.25) is 0 Å². The van der Waals surface area contributed by atoms with Crippen molar-refractivity contribution in [1.82, 2.24) is 0 Å². The predicted molar refractivity (Wildman–Crippen MR) is 231 cm³/mol. The number of quaternary nitrogens is 1. The van der Waals surface area contributed by atoms with E-state index in [0.29, 0.717) is 12.8 Å². The van der Waals surface area contributed by atoms with Crippen molar-refractivity contribution >= 4 is 17.9 Å². The number of carboxylic acid groups (broad SMARTS) is 1. The van der Waals surface area contributed by atoms with Crippen molar-refractivity contribution in [2.75, 3.05) is 41.0 Å². The molecule has 0 aliphatic rings. The number of rotatable bonds is 43. The van der Waals surface area contributed by atoms with Crippen molar-refractivity contribution in [3.05, 3.63) is 12.2 Å². The third-order valence-corrected chi connectivity index (χ3v) is 10.9. The summed E-state index contributed by atoms with van der Waals surface area (Å²) in [6.45, 7) is 4.68. The first kappa shape index (κ1) is 54.1. The molecule has 0 rings (SSSR count). The van der Waals surface area contributed by atoms with Gasteiger partial charge in [-0.3, -0.25) is 9.59 Å². The van der Waals surface area contributed by atoms with Gasteiger partial charge in [-0.15, -0.1) is 0 Å². The summed E-state index contributed by atoms with van der Waals surface area (Å²) < 4.78 is 17.2. The van der Waals surface area contributed by atoms with Crippen LogP contribution in [0.3, 0.4) is 0 Å². The molecule has 0 saturated carbocycles. The quantitative estimate of drug-likeness (QED) is 0.0262. The number of carbonyl (C=O) groups excluding carboxylic acids is 3. The molecule has 0 aromatic carbocycles. The molecule has 330 valence electrons. The molecule has 0 bridgehead atoms. The molecule has 0 aliphatic heterocycles. The number of nitrogens with zero attached hydrogens (tertiary/aromatic N) is 1. The van der Waals surface area contributed by atoms with Crippen LogP contribution in [0.4, 0.5) is 0 Å². The average Bonchev–Trinajstić information content (AvgIpc) is 3.15. The van der Waals surface area contributed by atoms with Crippen molar-refractivity contribution in [2.24, 2.45) is 0 Å². The van der Waals surface area contributed by atoms with Crippen LogP contribution in [0.2, 0.25) is 0 Å². The second-order valence-corrected chi connectivity index (χ2v) is 17.4. The van der Waals surface area contributed by atoms with E-state index in [9.17, 15) is 19.5 Å². The number of hydrogen-bond acceptors (Lipinski definition) is 7. The molecule has 8 nitrogen and oxygen atoms in total.